The molecule has 3 aromatic rings. The second-order valence-electron chi connectivity index (χ2n) is 7.54. The van der Waals surface area contributed by atoms with Crippen LogP contribution in [0.1, 0.15) is 28.8 Å². The second kappa shape index (κ2) is 8.52. The third kappa shape index (κ3) is 4.78. The first-order valence-corrected chi connectivity index (χ1v) is 11.4. The summed E-state index contributed by atoms with van der Waals surface area (Å²) in [4.78, 5) is 28.3. The summed E-state index contributed by atoms with van der Waals surface area (Å²) in [7, 11) is -2.44. The number of aromatic nitrogens is 1. The minimum absolute atomic E-state index is 0.0123. The predicted octanol–water partition coefficient (Wildman–Crippen LogP) is 2.12. The molecule has 1 fully saturated rings. The number of para-hydroxylation sites is 1. The topological polar surface area (TPSA) is 117 Å². The van der Waals surface area contributed by atoms with Gasteiger partial charge in [-0.15, -0.1) is 0 Å². The number of aromatic amines is 1. The molecule has 1 aromatic heterocycles. The van der Waals surface area contributed by atoms with Gasteiger partial charge in [0.05, 0.1) is 12.0 Å². The Morgan fingerprint density at radius 2 is 1.94 bits per heavy atom. The zero-order valence-electron chi connectivity index (χ0n) is 16.9. The van der Waals surface area contributed by atoms with Gasteiger partial charge in [0, 0.05) is 35.1 Å². The smallest absolute Gasteiger partial charge is 0.328 e. The molecular formula is C22H23N3O5S. The molecule has 4 rings (SSSR count). The van der Waals surface area contributed by atoms with Gasteiger partial charge in [0.15, 0.2) is 0 Å². The maximum atomic E-state index is 12.8. The number of ether oxygens (including phenoxy) is 1. The van der Waals surface area contributed by atoms with Crippen LogP contribution in [0.5, 0.6) is 0 Å². The summed E-state index contributed by atoms with van der Waals surface area (Å²) in [6, 6.07) is 12.4. The summed E-state index contributed by atoms with van der Waals surface area (Å²) in [5.41, 5.74) is 1.93. The van der Waals surface area contributed by atoms with Crippen molar-refractivity contribution in [2.45, 2.75) is 36.2 Å². The van der Waals surface area contributed by atoms with Gasteiger partial charge in [-0.3, -0.25) is 4.79 Å². The number of sulfonamides is 1. The number of carbonyl (C=O) groups is 2. The molecule has 2 aromatic carbocycles. The molecule has 0 unspecified atom stereocenters. The zero-order chi connectivity index (χ0) is 22.0. The molecule has 0 aliphatic heterocycles. The fourth-order valence-electron chi connectivity index (χ4n) is 3.39. The van der Waals surface area contributed by atoms with Crippen LogP contribution in [0.4, 0.5) is 0 Å². The van der Waals surface area contributed by atoms with E-state index in [-0.39, 0.29) is 22.9 Å². The van der Waals surface area contributed by atoms with Crippen LogP contribution < -0.4 is 10.0 Å². The lowest BCUT2D eigenvalue weighted by Crippen LogP contribution is -2.43. The minimum atomic E-state index is -3.69. The third-order valence-electron chi connectivity index (χ3n) is 5.20. The van der Waals surface area contributed by atoms with Gasteiger partial charge in [0.25, 0.3) is 5.91 Å². The molecule has 1 atom stereocenters. The lowest BCUT2D eigenvalue weighted by molar-refractivity contribution is -0.142. The van der Waals surface area contributed by atoms with E-state index in [9.17, 15) is 18.0 Å². The standard InChI is InChI=1S/C22H23N3O5S/c1-30-22(27)20(12-15-13-23-19-8-3-2-7-18(15)19)24-21(26)14-5-4-6-17(11-14)31(28,29)25-16-9-10-16/h2-8,11,13,16,20,23,25H,9-10,12H2,1H3,(H,24,26)/t20-/m1/s1. The number of rotatable bonds is 8. The fraction of sp³-hybridized carbons (Fsp3) is 0.273. The molecule has 8 nitrogen and oxygen atoms in total. The van der Waals surface area contributed by atoms with E-state index in [1.807, 2.05) is 24.3 Å². The SMILES string of the molecule is COC(=O)[C@@H](Cc1c[nH]c2ccccc12)NC(=O)c1cccc(S(=O)(=O)NC2CC2)c1. The van der Waals surface area contributed by atoms with Crippen molar-refractivity contribution in [3.8, 4) is 0 Å². The number of H-pyrrole nitrogens is 1. The molecule has 3 N–H and O–H groups in total. The molecule has 0 radical (unpaired) electrons. The quantitative estimate of drug-likeness (QED) is 0.463. The molecule has 31 heavy (non-hydrogen) atoms. The van der Waals surface area contributed by atoms with Gasteiger partial charge >= 0.3 is 5.97 Å². The van der Waals surface area contributed by atoms with E-state index < -0.39 is 27.9 Å². The highest BCUT2D eigenvalue weighted by Crippen LogP contribution is 2.23. The Morgan fingerprint density at radius 1 is 1.16 bits per heavy atom. The summed E-state index contributed by atoms with van der Waals surface area (Å²) in [6.07, 6.45) is 3.65. The molecule has 1 aliphatic carbocycles. The van der Waals surface area contributed by atoms with Gasteiger partial charge in [-0.1, -0.05) is 24.3 Å². The van der Waals surface area contributed by atoms with E-state index in [4.69, 9.17) is 4.74 Å². The van der Waals surface area contributed by atoms with E-state index >= 15 is 0 Å². The van der Waals surface area contributed by atoms with Crippen molar-refractivity contribution in [1.29, 1.82) is 0 Å². The predicted molar refractivity (Wildman–Crippen MR) is 115 cm³/mol. The van der Waals surface area contributed by atoms with Crippen LogP contribution >= 0.6 is 0 Å². The third-order valence-corrected chi connectivity index (χ3v) is 6.71. The fourth-order valence-corrected chi connectivity index (χ4v) is 4.74. The first-order chi connectivity index (χ1) is 14.9. The summed E-state index contributed by atoms with van der Waals surface area (Å²) < 4.78 is 32.4. The number of amides is 1. The summed E-state index contributed by atoms with van der Waals surface area (Å²) >= 11 is 0. The summed E-state index contributed by atoms with van der Waals surface area (Å²) in [6.45, 7) is 0. The molecule has 1 aliphatic rings. The van der Waals surface area contributed by atoms with E-state index in [1.54, 1.807) is 6.20 Å². The van der Waals surface area contributed by atoms with E-state index in [2.05, 4.69) is 15.0 Å². The number of esters is 1. The van der Waals surface area contributed by atoms with Crippen molar-refractivity contribution in [2.24, 2.45) is 0 Å². The van der Waals surface area contributed by atoms with Crippen LogP contribution in [-0.2, 0) is 26.0 Å². The van der Waals surface area contributed by atoms with Crippen LogP contribution in [0.3, 0.4) is 0 Å². The van der Waals surface area contributed by atoms with Crippen molar-refractivity contribution >= 4 is 32.8 Å². The highest BCUT2D eigenvalue weighted by molar-refractivity contribution is 7.89. The van der Waals surface area contributed by atoms with Gasteiger partial charge in [0.1, 0.15) is 6.04 Å². The maximum absolute atomic E-state index is 12.8. The molecule has 9 heteroatoms. The monoisotopic (exact) mass is 441 g/mol. The number of hydrogen-bond donors (Lipinski definition) is 3. The highest BCUT2D eigenvalue weighted by atomic mass is 32.2. The Labute approximate surface area is 180 Å². The molecule has 162 valence electrons. The van der Waals surface area contributed by atoms with Gasteiger partial charge in [-0.2, -0.15) is 0 Å². The number of nitrogens with one attached hydrogen (secondary N) is 3. The van der Waals surface area contributed by atoms with Crippen molar-refractivity contribution in [3.05, 3.63) is 65.9 Å². The number of carbonyl (C=O) groups excluding carboxylic acids is 2. The molecule has 0 bridgehead atoms. The molecule has 0 spiro atoms. The molecule has 0 saturated heterocycles. The van der Waals surface area contributed by atoms with Gasteiger partial charge in [-0.05, 0) is 42.7 Å². The second-order valence-corrected chi connectivity index (χ2v) is 9.25. The lowest BCUT2D eigenvalue weighted by atomic mass is 10.0. The van der Waals surface area contributed by atoms with E-state index in [0.717, 1.165) is 29.3 Å². The van der Waals surface area contributed by atoms with E-state index in [1.165, 1.54) is 31.4 Å². The number of fused-ring (bicyclic) bond motifs is 1. The highest BCUT2D eigenvalue weighted by Gasteiger charge is 2.29. The van der Waals surface area contributed by atoms with Crippen LogP contribution in [0, 0.1) is 0 Å². The van der Waals surface area contributed by atoms with Gasteiger partial charge in [0.2, 0.25) is 10.0 Å². The van der Waals surface area contributed by atoms with Crippen molar-refractivity contribution < 1.29 is 22.7 Å². The van der Waals surface area contributed by atoms with Crippen molar-refractivity contribution in [1.82, 2.24) is 15.0 Å². The minimum Gasteiger partial charge on any atom is -0.467 e. The average molecular weight is 442 g/mol. The zero-order valence-corrected chi connectivity index (χ0v) is 17.7. The number of methoxy groups -OCH3 is 1. The first kappa shape index (κ1) is 21.1. The maximum Gasteiger partial charge on any atom is 0.328 e. The van der Waals surface area contributed by atoms with Crippen LogP contribution in [0.2, 0.25) is 0 Å². The van der Waals surface area contributed by atoms with Gasteiger partial charge in [-0.25, -0.2) is 17.9 Å². The Kier molecular flexibility index (Phi) is 5.79. The summed E-state index contributed by atoms with van der Waals surface area (Å²) in [5.74, 6) is -1.14. The van der Waals surface area contributed by atoms with Crippen molar-refractivity contribution in [3.63, 3.8) is 0 Å². The van der Waals surface area contributed by atoms with Crippen molar-refractivity contribution in [2.75, 3.05) is 7.11 Å². The Bertz CT molecular complexity index is 1230. The Balaban J connectivity index is 1.54. The van der Waals surface area contributed by atoms with Gasteiger partial charge < -0.3 is 15.0 Å². The lowest BCUT2D eigenvalue weighted by Gasteiger charge is -2.17. The first-order valence-electron chi connectivity index (χ1n) is 9.93. The number of hydrogen-bond acceptors (Lipinski definition) is 5. The largest absolute Gasteiger partial charge is 0.467 e. The average Bonchev–Trinajstić information content (AvgIpc) is 3.49. The normalized spacial score (nSPS) is 14.9. The molecule has 1 heterocycles. The van der Waals surface area contributed by atoms with Crippen LogP contribution in [0.25, 0.3) is 10.9 Å². The van der Waals surface area contributed by atoms with Crippen LogP contribution in [-0.4, -0.2) is 44.5 Å². The van der Waals surface area contributed by atoms with Crippen LogP contribution in [0.15, 0.2) is 59.6 Å². The van der Waals surface area contributed by atoms with E-state index in [0.29, 0.717) is 0 Å². The Morgan fingerprint density at radius 3 is 2.68 bits per heavy atom. The Hall–Kier alpha value is -3.17. The molecule has 1 amide bonds. The molecule has 1 saturated carbocycles. The number of benzene rings is 2. The molecular weight excluding hydrogens is 418 g/mol. The summed E-state index contributed by atoms with van der Waals surface area (Å²) in [5, 5.41) is 3.63.